The largest absolute Gasteiger partial charge is 0.496 e. The van der Waals surface area contributed by atoms with E-state index in [1.165, 1.54) is 0 Å². The highest BCUT2D eigenvalue weighted by molar-refractivity contribution is 5.93. The van der Waals surface area contributed by atoms with Crippen molar-refractivity contribution in [3.05, 3.63) is 89.4 Å². The van der Waals surface area contributed by atoms with Crippen LogP contribution in [0.1, 0.15) is 27.2 Å². The summed E-state index contributed by atoms with van der Waals surface area (Å²) in [5.74, 6) is 1.21. The Labute approximate surface area is 170 Å². The number of furan rings is 1. The summed E-state index contributed by atoms with van der Waals surface area (Å²) < 4.78 is 10.8. The van der Waals surface area contributed by atoms with Crippen LogP contribution in [0.2, 0.25) is 0 Å². The second kappa shape index (κ2) is 9.59. The zero-order valence-corrected chi connectivity index (χ0v) is 16.6. The molecule has 2 aromatic carbocycles. The van der Waals surface area contributed by atoms with Crippen molar-refractivity contribution in [1.29, 1.82) is 0 Å². The Morgan fingerprint density at radius 1 is 1.00 bits per heavy atom. The second-order valence-corrected chi connectivity index (χ2v) is 6.59. The molecule has 0 aliphatic heterocycles. The van der Waals surface area contributed by atoms with E-state index >= 15 is 0 Å². The monoisotopic (exact) mass is 392 g/mol. The number of para-hydroxylation sites is 1. The third-order valence-electron chi connectivity index (χ3n) is 4.63. The molecular weight excluding hydrogens is 368 g/mol. The molecule has 1 aromatic heterocycles. The summed E-state index contributed by atoms with van der Waals surface area (Å²) >= 11 is 0. The van der Waals surface area contributed by atoms with E-state index in [0.29, 0.717) is 30.2 Å². The molecule has 2 amide bonds. The van der Waals surface area contributed by atoms with E-state index in [9.17, 15) is 9.59 Å². The highest BCUT2D eigenvalue weighted by atomic mass is 16.5. The van der Waals surface area contributed by atoms with Gasteiger partial charge in [0.15, 0.2) is 0 Å². The lowest BCUT2D eigenvalue weighted by atomic mass is 10.1. The van der Waals surface area contributed by atoms with Crippen LogP contribution in [0.3, 0.4) is 0 Å². The van der Waals surface area contributed by atoms with Crippen molar-refractivity contribution >= 4 is 11.8 Å². The lowest BCUT2D eigenvalue weighted by molar-refractivity contribution is -0.132. The van der Waals surface area contributed by atoms with Gasteiger partial charge < -0.3 is 19.4 Å². The molecule has 0 aliphatic rings. The minimum Gasteiger partial charge on any atom is -0.496 e. The number of methoxy groups -OCH3 is 1. The normalized spacial score (nSPS) is 10.4. The first-order chi connectivity index (χ1) is 14.1. The molecule has 3 aromatic rings. The molecule has 0 bridgehead atoms. The number of rotatable bonds is 8. The average Bonchev–Trinajstić information content (AvgIpc) is 3.26. The number of hydrogen-bond acceptors (Lipinski definition) is 4. The van der Waals surface area contributed by atoms with Crippen LogP contribution < -0.4 is 10.1 Å². The van der Waals surface area contributed by atoms with Gasteiger partial charge in [-0.2, -0.15) is 0 Å². The van der Waals surface area contributed by atoms with Crippen molar-refractivity contribution in [3.63, 3.8) is 0 Å². The van der Waals surface area contributed by atoms with Gasteiger partial charge in [0.05, 0.1) is 26.3 Å². The van der Waals surface area contributed by atoms with Crippen molar-refractivity contribution in [2.45, 2.75) is 19.5 Å². The van der Waals surface area contributed by atoms with Crippen LogP contribution >= 0.6 is 0 Å². The topological polar surface area (TPSA) is 71.8 Å². The van der Waals surface area contributed by atoms with E-state index in [0.717, 1.165) is 11.1 Å². The molecule has 0 fully saturated rings. The Bertz CT molecular complexity index is 949. The third-order valence-corrected chi connectivity index (χ3v) is 4.63. The molecule has 0 atom stereocenters. The smallest absolute Gasteiger partial charge is 0.251 e. The van der Waals surface area contributed by atoms with Gasteiger partial charge in [0, 0.05) is 24.7 Å². The van der Waals surface area contributed by atoms with Crippen molar-refractivity contribution in [3.8, 4) is 5.75 Å². The summed E-state index contributed by atoms with van der Waals surface area (Å²) in [4.78, 5) is 26.6. The van der Waals surface area contributed by atoms with Gasteiger partial charge in [-0.3, -0.25) is 9.59 Å². The zero-order valence-electron chi connectivity index (χ0n) is 16.6. The Morgan fingerprint density at radius 2 is 1.76 bits per heavy atom. The fourth-order valence-electron chi connectivity index (χ4n) is 3.07. The molecule has 1 heterocycles. The molecular formula is C23H24N2O4. The number of ether oxygens (including phenoxy) is 1. The highest BCUT2D eigenvalue weighted by Gasteiger charge is 2.18. The lowest BCUT2D eigenvalue weighted by Gasteiger charge is -2.22. The summed E-state index contributed by atoms with van der Waals surface area (Å²) in [6.07, 6.45) is 1.82. The molecule has 6 nitrogen and oxygen atoms in total. The van der Waals surface area contributed by atoms with E-state index in [2.05, 4.69) is 5.32 Å². The molecule has 0 saturated carbocycles. The van der Waals surface area contributed by atoms with Crippen LogP contribution in [-0.2, 0) is 24.3 Å². The van der Waals surface area contributed by atoms with Gasteiger partial charge in [-0.05, 0) is 35.9 Å². The van der Waals surface area contributed by atoms with Gasteiger partial charge >= 0.3 is 0 Å². The predicted molar refractivity (Wildman–Crippen MR) is 109 cm³/mol. The molecule has 1 N–H and O–H groups in total. The third kappa shape index (κ3) is 5.25. The van der Waals surface area contributed by atoms with Gasteiger partial charge in [0.1, 0.15) is 11.5 Å². The Hall–Kier alpha value is -3.54. The summed E-state index contributed by atoms with van der Waals surface area (Å²) in [5.41, 5.74) is 2.34. The van der Waals surface area contributed by atoms with E-state index < -0.39 is 0 Å². The van der Waals surface area contributed by atoms with Crippen LogP contribution in [0, 0.1) is 0 Å². The number of benzene rings is 2. The van der Waals surface area contributed by atoms with Crippen LogP contribution in [0.5, 0.6) is 5.75 Å². The predicted octanol–water partition coefficient (Wildman–Crippen LogP) is 3.42. The van der Waals surface area contributed by atoms with Gasteiger partial charge in [-0.25, -0.2) is 0 Å². The Kier molecular flexibility index (Phi) is 6.68. The first-order valence-electron chi connectivity index (χ1n) is 9.33. The number of amides is 2. The molecule has 0 aliphatic carbocycles. The van der Waals surface area contributed by atoms with Crippen LogP contribution in [-0.4, -0.2) is 30.9 Å². The molecule has 29 heavy (non-hydrogen) atoms. The maximum atomic E-state index is 13.1. The summed E-state index contributed by atoms with van der Waals surface area (Å²) in [5, 5.41) is 2.60. The Balaban J connectivity index is 1.78. The average molecular weight is 392 g/mol. The summed E-state index contributed by atoms with van der Waals surface area (Å²) in [6.45, 7) is 0.765. The Morgan fingerprint density at radius 3 is 2.41 bits per heavy atom. The van der Waals surface area contributed by atoms with Gasteiger partial charge in [-0.1, -0.05) is 30.3 Å². The zero-order chi connectivity index (χ0) is 20.6. The fourth-order valence-corrected chi connectivity index (χ4v) is 3.07. The maximum Gasteiger partial charge on any atom is 0.251 e. The molecule has 3 rings (SSSR count). The van der Waals surface area contributed by atoms with E-state index in [1.807, 2.05) is 42.5 Å². The highest BCUT2D eigenvalue weighted by Crippen LogP contribution is 2.20. The van der Waals surface area contributed by atoms with Gasteiger partial charge in [0.25, 0.3) is 5.91 Å². The standard InChI is InChI=1S/C23H24N2O4/c1-24-23(27)18-11-9-17(10-12-18)15-25(16-20-7-5-13-29-20)22(26)14-19-6-3-4-8-21(19)28-2/h3-13H,14-16H2,1-2H3,(H,24,27). The minimum atomic E-state index is -0.142. The summed E-state index contributed by atoms with van der Waals surface area (Å²) in [7, 11) is 3.19. The molecule has 0 saturated heterocycles. The number of hydrogen-bond donors (Lipinski definition) is 1. The quantitative estimate of drug-likeness (QED) is 0.638. The van der Waals surface area contributed by atoms with E-state index in [4.69, 9.17) is 9.15 Å². The van der Waals surface area contributed by atoms with Gasteiger partial charge in [-0.15, -0.1) is 0 Å². The number of nitrogens with zero attached hydrogens (tertiary/aromatic N) is 1. The van der Waals surface area contributed by atoms with Crippen LogP contribution in [0.4, 0.5) is 0 Å². The van der Waals surface area contributed by atoms with E-state index in [1.54, 1.807) is 43.5 Å². The molecule has 0 unspecified atom stereocenters. The van der Waals surface area contributed by atoms with Crippen molar-refractivity contribution in [1.82, 2.24) is 10.2 Å². The van der Waals surface area contributed by atoms with E-state index in [-0.39, 0.29) is 18.2 Å². The molecule has 0 radical (unpaired) electrons. The summed E-state index contributed by atoms with van der Waals surface area (Å²) in [6, 6.07) is 18.4. The SMILES string of the molecule is CNC(=O)c1ccc(CN(Cc2ccco2)C(=O)Cc2ccccc2OC)cc1. The maximum absolute atomic E-state index is 13.1. The number of carbonyl (C=O) groups is 2. The first kappa shape index (κ1) is 20.2. The molecule has 6 heteroatoms. The number of carbonyl (C=O) groups excluding carboxylic acids is 2. The molecule has 150 valence electrons. The molecule has 0 spiro atoms. The van der Waals surface area contributed by atoms with Crippen molar-refractivity contribution in [2.75, 3.05) is 14.2 Å². The van der Waals surface area contributed by atoms with Crippen LogP contribution in [0.25, 0.3) is 0 Å². The minimum absolute atomic E-state index is 0.0405. The van der Waals surface area contributed by atoms with Gasteiger partial charge in [0.2, 0.25) is 5.91 Å². The lowest BCUT2D eigenvalue weighted by Crippen LogP contribution is -2.31. The first-order valence-corrected chi connectivity index (χ1v) is 9.33. The number of nitrogens with one attached hydrogen (secondary N) is 1. The second-order valence-electron chi connectivity index (χ2n) is 6.59. The van der Waals surface area contributed by atoms with Crippen molar-refractivity contribution in [2.24, 2.45) is 0 Å². The van der Waals surface area contributed by atoms with Crippen molar-refractivity contribution < 1.29 is 18.7 Å². The van der Waals surface area contributed by atoms with Crippen LogP contribution in [0.15, 0.2) is 71.3 Å². The fraction of sp³-hybridized carbons (Fsp3) is 0.217.